The van der Waals surface area contributed by atoms with E-state index in [9.17, 15) is 0 Å². The number of hydrogen-bond acceptors (Lipinski definition) is 0. The fourth-order valence-electron chi connectivity index (χ4n) is 2.77. The zero-order valence-electron chi connectivity index (χ0n) is 9.11. The lowest BCUT2D eigenvalue weighted by molar-refractivity contribution is 0.408. The van der Waals surface area contributed by atoms with Crippen LogP contribution in [0.25, 0.3) is 0 Å². The van der Waals surface area contributed by atoms with Crippen LogP contribution in [-0.4, -0.2) is 0 Å². The van der Waals surface area contributed by atoms with Crippen LogP contribution in [0.4, 0.5) is 0 Å². The van der Waals surface area contributed by atoms with Gasteiger partial charge in [-0.2, -0.15) is 0 Å². The molecule has 2 aliphatic carbocycles. The molecule has 0 aliphatic heterocycles. The van der Waals surface area contributed by atoms with E-state index in [1.54, 1.807) is 16.7 Å². The smallest absolute Gasteiger partial charge is 0.0102 e. The van der Waals surface area contributed by atoms with Gasteiger partial charge in [0, 0.05) is 0 Å². The summed E-state index contributed by atoms with van der Waals surface area (Å²) in [5.41, 5.74) is 5.42. The highest BCUT2D eigenvalue weighted by Gasteiger charge is 2.29. The molecule has 0 saturated carbocycles. The molecule has 0 aromatic carbocycles. The number of hydrogen-bond donors (Lipinski definition) is 0. The van der Waals surface area contributed by atoms with Crippen molar-refractivity contribution in [1.29, 1.82) is 0 Å². The molecule has 0 bridgehead atoms. The third kappa shape index (κ3) is 1.59. The second-order valence-electron chi connectivity index (χ2n) is 5.28. The van der Waals surface area contributed by atoms with Gasteiger partial charge in [0.1, 0.15) is 0 Å². The topological polar surface area (TPSA) is 0 Å². The summed E-state index contributed by atoms with van der Waals surface area (Å²) in [6.45, 7) is 7.08. The first-order valence-electron chi connectivity index (χ1n) is 5.49. The van der Waals surface area contributed by atoms with Crippen LogP contribution in [0.2, 0.25) is 0 Å². The summed E-state index contributed by atoms with van der Waals surface area (Å²) in [5, 5.41) is 0. The van der Waals surface area contributed by atoms with Gasteiger partial charge in [0.15, 0.2) is 0 Å². The molecule has 0 fully saturated rings. The maximum Gasteiger partial charge on any atom is -0.0102 e. The van der Waals surface area contributed by atoms with Gasteiger partial charge in [-0.3, -0.25) is 0 Å². The number of allylic oxidation sites excluding steroid dienone is 4. The Morgan fingerprint density at radius 2 is 2.00 bits per heavy atom. The zero-order valence-corrected chi connectivity index (χ0v) is 9.11. The van der Waals surface area contributed by atoms with Crippen LogP contribution in [0, 0.1) is 5.41 Å². The van der Waals surface area contributed by atoms with Crippen LogP contribution < -0.4 is 0 Å². The molecular formula is C13H20. The van der Waals surface area contributed by atoms with Gasteiger partial charge in [-0.05, 0) is 43.6 Å². The molecule has 0 heteroatoms. The minimum atomic E-state index is 0.448. The van der Waals surface area contributed by atoms with E-state index in [1.165, 1.54) is 32.1 Å². The predicted molar refractivity (Wildman–Crippen MR) is 57.6 cm³/mol. The standard InChI is InChI=1S/C13H20/c1-10-8-11-6-4-5-7-13(2,3)12(11)9-10/h9H,4-8H2,1-3H3. The van der Waals surface area contributed by atoms with Gasteiger partial charge in [-0.15, -0.1) is 0 Å². The van der Waals surface area contributed by atoms with Crippen LogP contribution in [0.1, 0.15) is 52.9 Å². The SMILES string of the molecule is CC1=CC2=C(CCCCC2(C)C)C1. The molecule has 0 atom stereocenters. The molecule has 2 aliphatic rings. The minimum absolute atomic E-state index is 0.448. The summed E-state index contributed by atoms with van der Waals surface area (Å²) in [6.07, 6.45) is 9.25. The second-order valence-corrected chi connectivity index (χ2v) is 5.28. The van der Waals surface area contributed by atoms with E-state index in [2.05, 4.69) is 26.8 Å². The summed E-state index contributed by atoms with van der Waals surface area (Å²) < 4.78 is 0. The highest BCUT2D eigenvalue weighted by atomic mass is 14.3. The van der Waals surface area contributed by atoms with Crippen molar-refractivity contribution in [2.75, 3.05) is 0 Å². The molecule has 0 heterocycles. The second kappa shape index (κ2) is 3.01. The molecule has 2 rings (SSSR count). The number of rotatable bonds is 0. The van der Waals surface area contributed by atoms with Gasteiger partial charge in [-0.25, -0.2) is 0 Å². The lowest BCUT2D eigenvalue weighted by Crippen LogP contribution is -2.12. The molecule has 72 valence electrons. The third-order valence-electron chi connectivity index (χ3n) is 3.52. The van der Waals surface area contributed by atoms with Crippen molar-refractivity contribution in [2.24, 2.45) is 5.41 Å². The van der Waals surface area contributed by atoms with Crippen LogP contribution in [0.5, 0.6) is 0 Å². The highest BCUT2D eigenvalue weighted by Crippen LogP contribution is 2.44. The van der Waals surface area contributed by atoms with E-state index < -0.39 is 0 Å². The maximum atomic E-state index is 2.45. The van der Waals surface area contributed by atoms with E-state index >= 15 is 0 Å². The highest BCUT2D eigenvalue weighted by molar-refractivity contribution is 5.42. The summed E-state index contributed by atoms with van der Waals surface area (Å²) in [7, 11) is 0. The predicted octanol–water partition coefficient (Wildman–Crippen LogP) is 4.23. The van der Waals surface area contributed by atoms with Gasteiger partial charge in [0.05, 0.1) is 0 Å². The molecule has 0 amide bonds. The first-order valence-corrected chi connectivity index (χ1v) is 5.49. The molecule has 0 aromatic rings. The monoisotopic (exact) mass is 176 g/mol. The van der Waals surface area contributed by atoms with Crippen molar-refractivity contribution >= 4 is 0 Å². The Bertz CT molecular complexity index is 276. The molecule has 0 unspecified atom stereocenters. The van der Waals surface area contributed by atoms with Gasteiger partial charge >= 0.3 is 0 Å². The Morgan fingerprint density at radius 3 is 2.77 bits per heavy atom. The van der Waals surface area contributed by atoms with Crippen LogP contribution in [0.3, 0.4) is 0 Å². The van der Waals surface area contributed by atoms with Crippen LogP contribution in [-0.2, 0) is 0 Å². The third-order valence-corrected chi connectivity index (χ3v) is 3.52. The molecule has 0 saturated heterocycles. The Balaban J connectivity index is 2.35. The van der Waals surface area contributed by atoms with Crippen molar-refractivity contribution < 1.29 is 0 Å². The van der Waals surface area contributed by atoms with Gasteiger partial charge in [0.25, 0.3) is 0 Å². The fraction of sp³-hybridized carbons (Fsp3) is 0.692. The van der Waals surface area contributed by atoms with E-state index in [4.69, 9.17) is 0 Å². The molecule has 0 nitrogen and oxygen atoms in total. The quantitative estimate of drug-likeness (QED) is 0.518. The normalized spacial score (nSPS) is 26.8. The van der Waals surface area contributed by atoms with Crippen molar-refractivity contribution in [3.8, 4) is 0 Å². The molecule has 0 N–H and O–H groups in total. The summed E-state index contributed by atoms with van der Waals surface area (Å²) in [5.74, 6) is 0. The van der Waals surface area contributed by atoms with E-state index in [1.807, 2.05) is 0 Å². The molecule has 0 aromatic heterocycles. The Labute approximate surface area is 81.7 Å². The maximum absolute atomic E-state index is 2.45. The van der Waals surface area contributed by atoms with Crippen LogP contribution in [0.15, 0.2) is 22.8 Å². The van der Waals surface area contributed by atoms with Crippen molar-refractivity contribution in [3.63, 3.8) is 0 Å². The largest absolute Gasteiger partial charge is 0.0690 e. The van der Waals surface area contributed by atoms with Gasteiger partial charge in [0.2, 0.25) is 0 Å². The van der Waals surface area contributed by atoms with E-state index in [0.29, 0.717) is 5.41 Å². The first kappa shape index (κ1) is 9.05. The van der Waals surface area contributed by atoms with Gasteiger partial charge < -0.3 is 0 Å². The summed E-state index contributed by atoms with van der Waals surface area (Å²) >= 11 is 0. The molecule has 0 spiro atoms. The van der Waals surface area contributed by atoms with Crippen molar-refractivity contribution in [3.05, 3.63) is 22.8 Å². The Morgan fingerprint density at radius 1 is 1.23 bits per heavy atom. The van der Waals surface area contributed by atoms with Crippen LogP contribution >= 0.6 is 0 Å². The molecular weight excluding hydrogens is 156 g/mol. The lowest BCUT2D eigenvalue weighted by atomic mass is 9.80. The summed E-state index contributed by atoms with van der Waals surface area (Å²) in [4.78, 5) is 0. The molecule has 0 radical (unpaired) electrons. The van der Waals surface area contributed by atoms with E-state index in [0.717, 1.165) is 0 Å². The molecule has 13 heavy (non-hydrogen) atoms. The minimum Gasteiger partial charge on any atom is -0.0690 e. The lowest BCUT2D eigenvalue weighted by Gasteiger charge is -2.24. The van der Waals surface area contributed by atoms with Crippen molar-refractivity contribution in [2.45, 2.75) is 52.9 Å². The average molecular weight is 176 g/mol. The van der Waals surface area contributed by atoms with Gasteiger partial charge in [-0.1, -0.05) is 37.5 Å². The fourth-order valence-corrected chi connectivity index (χ4v) is 2.77. The first-order chi connectivity index (χ1) is 6.09. The Kier molecular flexibility index (Phi) is 2.09. The van der Waals surface area contributed by atoms with Crippen molar-refractivity contribution in [1.82, 2.24) is 0 Å². The van der Waals surface area contributed by atoms with E-state index in [-0.39, 0.29) is 0 Å². The summed E-state index contributed by atoms with van der Waals surface area (Å²) in [6, 6.07) is 0. The average Bonchev–Trinajstić information content (AvgIpc) is 2.36. The Hall–Kier alpha value is -0.520. The zero-order chi connectivity index (χ0) is 9.47.